The van der Waals surface area contributed by atoms with E-state index in [0.717, 1.165) is 6.07 Å². The van der Waals surface area contributed by atoms with Crippen LogP contribution in [0, 0.1) is 0 Å². The molecule has 2 fully saturated rings. The Labute approximate surface area is 222 Å². The van der Waals surface area contributed by atoms with Crippen LogP contribution in [0.5, 0.6) is 17.2 Å². The first-order valence-corrected chi connectivity index (χ1v) is 12.0. The molecule has 0 spiro atoms. The molecule has 2 heterocycles. The van der Waals surface area contributed by atoms with Gasteiger partial charge in [0.25, 0.3) is 0 Å². The van der Waals surface area contributed by atoms with Crippen molar-refractivity contribution in [2.24, 2.45) is 0 Å². The predicted molar refractivity (Wildman–Crippen MR) is 131 cm³/mol. The van der Waals surface area contributed by atoms with E-state index in [9.17, 15) is 45.6 Å². The van der Waals surface area contributed by atoms with Crippen LogP contribution in [0.1, 0.15) is 15.9 Å². The Hall–Kier alpha value is -3.11. The average molecular weight is 551 g/mol. The number of aliphatic hydroxyl groups excluding tert-OH is 5. The third-order valence-electron chi connectivity index (χ3n) is 6.50. The molecule has 2 saturated heterocycles. The lowest BCUT2D eigenvalue weighted by molar-refractivity contribution is -0.318. The number of carbonyl (C=O) groups is 1. The average Bonchev–Trinajstić information content (AvgIpc) is 3.21. The van der Waals surface area contributed by atoms with E-state index in [2.05, 4.69) is 0 Å². The number of allylic oxidation sites excluding steroid dienone is 1. The van der Waals surface area contributed by atoms with E-state index >= 15 is 0 Å². The van der Waals surface area contributed by atoms with Gasteiger partial charge in [0.2, 0.25) is 6.29 Å². The van der Waals surface area contributed by atoms with E-state index in [1.54, 1.807) is 12.1 Å². The number of aliphatic hydroxyl groups is 6. The molecule has 0 saturated carbocycles. The molecular formula is C26H30O13. The van der Waals surface area contributed by atoms with E-state index in [4.69, 9.17) is 18.9 Å². The number of ether oxygens (including phenoxy) is 4. The highest BCUT2D eigenvalue weighted by atomic mass is 16.8. The molecule has 0 unspecified atom stereocenters. The van der Waals surface area contributed by atoms with Crippen molar-refractivity contribution in [1.29, 1.82) is 0 Å². The van der Waals surface area contributed by atoms with Crippen LogP contribution in [0.2, 0.25) is 0 Å². The Balaban J connectivity index is 1.46. The summed E-state index contributed by atoms with van der Waals surface area (Å²) in [5.74, 6) is -0.810. The normalized spacial score (nSPS) is 32.9. The first kappa shape index (κ1) is 28.9. The van der Waals surface area contributed by atoms with Crippen molar-refractivity contribution in [3.63, 3.8) is 0 Å². The Morgan fingerprint density at radius 3 is 2.36 bits per heavy atom. The maximum atomic E-state index is 12.4. The first-order chi connectivity index (χ1) is 18.6. The lowest BCUT2D eigenvalue weighted by atomic mass is 9.98. The van der Waals surface area contributed by atoms with Crippen LogP contribution in [0.15, 0.2) is 48.5 Å². The zero-order valence-electron chi connectivity index (χ0n) is 20.5. The lowest BCUT2D eigenvalue weighted by Crippen LogP contribution is -2.62. The van der Waals surface area contributed by atoms with Gasteiger partial charge in [-0.1, -0.05) is 18.2 Å². The van der Waals surface area contributed by atoms with Crippen molar-refractivity contribution in [2.45, 2.75) is 48.7 Å². The van der Waals surface area contributed by atoms with Gasteiger partial charge < -0.3 is 59.8 Å². The molecule has 39 heavy (non-hydrogen) atoms. The number of carbonyl (C=O) groups excluding carboxylic acids is 1. The smallest absolute Gasteiger partial charge is 0.229 e. The minimum absolute atomic E-state index is 0.0115. The standard InChI is InChI=1S/C26H30O13/c27-10-19-20(32)21(33)22(39-25-23(34)26(35,11-28)12-36-25)24(38-19)37-15-5-1-13(2-6-15)3-8-17(30)16-7-4-14(29)9-18(16)31/h1-9,19-25,27-29,31-35H,10-12H2/b8-3+/t19-,20-,21+,22-,23-,24-,25-,26-/m0/s1. The fourth-order valence-electron chi connectivity index (χ4n) is 4.14. The van der Waals surface area contributed by atoms with Crippen LogP contribution < -0.4 is 4.74 Å². The zero-order valence-corrected chi connectivity index (χ0v) is 20.5. The van der Waals surface area contributed by atoms with E-state index in [-0.39, 0.29) is 22.8 Å². The van der Waals surface area contributed by atoms with Crippen molar-refractivity contribution in [3.05, 3.63) is 59.7 Å². The molecule has 0 bridgehead atoms. The van der Waals surface area contributed by atoms with E-state index in [0.29, 0.717) is 5.56 Å². The van der Waals surface area contributed by atoms with Crippen molar-refractivity contribution in [1.82, 2.24) is 0 Å². The van der Waals surface area contributed by atoms with Gasteiger partial charge in [0.05, 0.1) is 25.4 Å². The highest BCUT2D eigenvalue weighted by Crippen LogP contribution is 2.32. The highest BCUT2D eigenvalue weighted by Gasteiger charge is 2.53. The van der Waals surface area contributed by atoms with E-state index < -0.39 is 74.3 Å². The van der Waals surface area contributed by atoms with Gasteiger partial charge in [-0.25, -0.2) is 0 Å². The van der Waals surface area contributed by atoms with E-state index in [1.807, 2.05) is 0 Å². The summed E-state index contributed by atoms with van der Waals surface area (Å²) in [7, 11) is 0. The number of phenols is 2. The lowest BCUT2D eigenvalue weighted by Gasteiger charge is -2.42. The van der Waals surface area contributed by atoms with Gasteiger partial charge in [-0.15, -0.1) is 0 Å². The third-order valence-corrected chi connectivity index (χ3v) is 6.50. The first-order valence-electron chi connectivity index (χ1n) is 12.0. The quantitative estimate of drug-likeness (QED) is 0.134. The number of hydrogen-bond acceptors (Lipinski definition) is 13. The Bertz CT molecular complexity index is 1170. The third kappa shape index (κ3) is 6.22. The van der Waals surface area contributed by atoms with Gasteiger partial charge in [-0.3, -0.25) is 4.79 Å². The molecule has 0 amide bonds. The summed E-state index contributed by atoms with van der Waals surface area (Å²) in [6.45, 7) is -1.91. The molecule has 4 rings (SSSR count). The summed E-state index contributed by atoms with van der Waals surface area (Å²) in [5, 5.41) is 79.6. The second-order valence-electron chi connectivity index (χ2n) is 9.28. The maximum absolute atomic E-state index is 12.4. The number of ketones is 1. The van der Waals surface area contributed by atoms with Gasteiger partial charge in [0.1, 0.15) is 47.3 Å². The van der Waals surface area contributed by atoms with Gasteiger partial charge in [0.15, 0.2) is 18.2 Å². The molecule has 2 aliphatic rings. The van der Waals surface area contributed by atoms with Crippen LogP contribution in [0.25, 0.3) is 6.08 Å². The summed E-state index contributed by atoms with van der Waals surface area (Å²) in [6, 6.07) is 9.84. The SMILES string of the molecule is O=C(/C=C/c1ccc(O[C@H]2O[C@@H](CO)[C@H](O)[C@@H](O)[C@@H]2O[C@@H]2OC[C@@](O)(CO)[C@H]2O)cc1)c1ccc(O)cc1O. The Morgan fingerprint density at radius 2 is 1.74 bits per heavy atom. The largest absolute Gasteiger partial charge is 0.508 e. The molecule has 0 aliphatic carbocycles. The van der Waals surface area contributed by atoms with Crippen LogP contribution in [-0.2, 0) is 14.2 Å². The van der Waals surface area contributed by atoms with Crippen LogP contribution in [-0.4, -0.2) is 115 Å². The summed E-state index contributed by atoms with van der Waals surface area (Å²) < 4.78 is 22.2. The van der Waals surface area contributed by atoms with Crippen molar-refractivity contribution < 1.29 is 64.6 Å². The highest BCUT2D eigenvalue weighted by molar-refractivity contribution is 6.08. The van der Waals surface area contributed by atoms with Gasteiger partial charge >= 0.3 is 0 Å². The molecule has 8 atom stereocenters. The number of aromatic hydroxyl groups is 2. The molecule has 0 radical (unpaired) electrons. The number of benzene rings is 2. The van der Waals surface area contributed by atoms with Crippen molar-refractivity contribution in [3.8, 4) is 17.2 Å². The Kier molecular flexibility index (Phi) is 8.86. The minimum Gasteiger partial charge on any atom is -0.508 e. The monoisotopic (exact) mass is 550 g/mol. The molecule has 13 nitrogen and oxygen atoms in total. The molecule has 2 aliphatic heterocycles. The molecule has 2 aromatic rings. The van der Waals surface area contributed by atoms with Crippen molar-refractivity contribution in [2.75, 3.05) is 19.8 Å². The van der Waals surface area contributed by atoms with Gasteiger partial charge in [-0.05, 0) is 35.9 Å². The number of phenolic OH excluding ortho intramolecular Hbond substituents is 2. The van der Waals surface area contributed by atoms with Crippen LogP contribution in [0.4, 0.5) is 0 Å². The predicted octanol–water partition coefficient (Wildman–Crippen LogP) is -1.36. The Morgan fingerprint density at radius 1 is 1.03 bits per heavy atom. The second-order valence-corrected chi connectivity index (χ2v) is 9.28. The minimum atomic E-state index is -1.99. The van der Waals surface area contributed by atoms with Gasteiger partial charge in [-0.2, -0.15) is 0 Å². The van der Waals surface area contributed by atoms with Crippen molar-refractivity contribution >= 4 is 11.9 Å². The number of rotatable bonds is 9. The molecule has 0 aromatic heterocycles. The molecular weight excluding hydrogens is 520 g/mol. The van der Waals surface area contributed by atoms with E-state index in [1.165, 1.54) is 36.4 Å². The molecule has 212 valence electrons. The summed E-state index contributed by atoms with van der Waals surface area (Å²) in [5.41, 5.74) is -1.39. The van der Waals surface area contributed by atoms with Crippen LogP contribution >= 0.6 is 0 Å². The molecule has 13 heteroatoms. The molecule has 8 N–H and O–H groups in total. The van der Waals surface area contributed by atoms with Gasteiger partial charge in [0, 0.05) is 6.07 Å². The summed E-state index contributed by atoms with van der Waals surface area (Å²) in [6.07, 6.45) is -7.74. The maximum Gasteiger partial charge on any atom is 0.229 e. The summed E-state index contributed by atoms with van der Waals surface area (Å²) >= 11 is 0. The topological polar surface area (TPSA) is 216 Å². The zero-order chi connectivity index (χ0) is 28.3. The second kappa shape index (κ2) is 12.0. The fourth-order valence-corrected chi connectivity index (χ4v) is 4.14. The fraction of sp³-hybridized carbons (Fsp3) is 0.423. The summed E-state index contributed by atoms with van der Waals surface area (Å²) in [4.78, 5) is 12.4. The van der Waals surface area contributed by atoms with Crippen LogP contribution in [0.3, 0.4) is 0 Å². The number of hydrogen-bond donors (Lipinski definition) is 8. The molecule has 2 aromatic carbocycles.